The van der Waals surface area contributed by atoms with Crippen molar-refractivity contribution in [3.8, 4) is 23.0 Å². The number of aryl methyl sites for hydroxylation is 1. The Morgan fingerprint density at radius 2 is 1.43 bits per heavy atom. The second-order valence-corrected chi connectivity index (χ2v) is 6.17. The molecule has 138 valence electrons. The first-order valence-corrected chi connectivity index (χ1v) is 8.90. The molecule has 3 aromatic carbocycles. The Morgan fingerprint density at radius 1 is 0.821 bits per heavy atom. The molecule has 0 radical (unpaired) electrons. The van der Waals surface area contributed by atoms with Crippen LogP contribution >= 0.6 is 12.2 Å². The van der Waals surface area contributed by atoms with Crippen LogP contribution in [0.15, 0.2) is 59.6 Å². The van der Waals surface area contributed by atoms with Crippen molar-refractivity contribution in [1.29, 1.82) is 0 Å². The molecule has 0 saturated heterocycles. The molecule has 0 heterocycles. The van der Waals surface area contributed by atoms with E-state index in [2.05, 4.69) is 36.0 Å². The maximum Gasteiger partial charge on any atom is 0.153 e. The highest BCUT2D eigenvalue weighted by Gasteiger charge is 2.14. The van der Waals surface area contributed by atoms with Crippen molar-refractivity contribution in [3.05, 3.63) is 88.7 Å². The summed E-state index contributed by atoms with van der Waals surface area (Å²) in [5.74, 6) is 3.36. The summed E-state index contributed by atoms with van der Waals surface area (Å²) >= 11 is 4.36. The van der Waals surface area contributed by atoms with Gasteiger partial charge in [0.05, 0.1) is 5.16 Å². The van der Waals surface area contributed by atoms with Crippen LogP contribution in [0, 0.1) is 29.3 Å². The third kappa shape index (κ3) is 4.37. The Bertz CT molecular complexity index is 1110. The molecular formula is C23H14F3NS. The third-order valence-corrected chi connectivity index (χ3v) is 4.26. The van der Waals surface area contributed by atoms with Crippen molar-refractivity contribution < 1.29 is 13.2 Å². The fourth-order valence-corrected chi connectivity index (χ4v) is 2.76. The van der Waals surface area contributed by atoms with E-state index in [0.717, 1.165) is 24.1 Å². The van der Waals surface area contributed by atoms with E-state index >= 15 is 0 Å². The van der Waals surface area contributed by atoms with Gasteiger partial charge in [-0.2, -0.15) is 4.99 Å². The first-order valence-electron chi connectivity index (χ1n) is 8.49. The highest BCUT2D eigenvalue weighted by atomic mass is 32.1. The third-order valence-electron chi connectivity index (χ3n) is 4.17. The summed E-state index contributed by atoms with van der Waals surface area (Å²) < 4.78 is 42.5. The summed E-state index contributed by atoms with van der Waals surface area (Å²) in [6, 6.07) is 14.1. The van der Waals surface area contributed by atoms with Gasteiger partial charge in [0.25, 0.3) is 0 Å². The highest BCUT2D eigenvalue weighted by molar-refractivity contribution is 7.78. The van der Waals surface area contributed by atoms with Crippen molar-refractivity contribution in [1.82, 2.24) is 0 Å². The molecule has 0 aliphatic rings. The molecule has 0 saturated carbocycles. The minimum Gasteiger partial charge on any atom is -0.206 e. The van der Waals surface area contributed by atoms with E-state index in [-0.39, 0.29) is 11.1 Å². The number of rotatable bonds is 3. The normalized spacial score (nSPS) is 10.0. The fraction of sp³-hybridized carbons (Fsp3) is 0.0870. The zero-order chi connectivity index (χ0) is 20.1. The number of nitrogens with zero attached hydrogens (tertiary/aromatic N) is 1. The van der Waals surface area contributed by atoms with Gasteiger partial charge in [-0.25, -0.2) is 13.2 Å². The van der Waals surface area contributed by atoms with Crippen LogP contribution in [0.4, 0.5) is 18.9 Å². The average Bonchev–Trinajstić information content (AvgIpc) is 2.69. The van der Waals surface area contributed by atoms with Crippen LogP contribution in [0.2, 0.25) is 0 Å². The monoisotopic (exact) mass is 393 g/mol. The van der Waals surface area contributed by atoms with E-state index in [1.807, 2.05) is 29.4 Å². The number of halogens is 3. The first-order chi connectivity index (χ1) is 13.5. The van der Waals surface area contributed by atoms with E-state index < -0.39 is 23.1 Å². The number of aliphatic imine (C=N–C) groups is 1. The van der Waals surface area contributed by atoms with Gasteiger partial charge in [0.1, 0.15) is 11.5 Å². The standard InChI is InChI=1S/C23H14F3NS/c1-2-15-3-5-16(6-4-15)7-8-17-9-10-19(20(24)11-17)18-12-21(25)23(27-14-28)22(26)13-18/h3-6,9-13H,2H2,1H3. The molecule has 3 rings (SSSR count). The van der Waals surface area contributed by atoms with Crippen LogP contribution in [0.25, 0.3) is 11.1 Å². The van der Waals surface area contributed by atoms with Gasteiger partial charge in [0.2, 0.25) is 0 Å². The molecule has 0 bridgehead atoms. The lowest BCUT2D eigenvalue weighted by Crippen LogP contribution is -1.90. The Morgan fingerprint density at radius 3 is 2.00 bits per heavy atom. The predicted molar refractivity (Wildman–Crippen MR) is 108 cm³/mol. The van der Waals surface area contributed by atoms with E-state index in [1.165, 1.54) is 17.7 Å². The van der Waals surface area contributed by atoms with Crippen molar-refractivity contribution in [2.24, 2.45) is 4.99 Å². The molecular weight excluding hydrogens is 379 g/mol. The van der Waals surface area contributed by atoms with Gasteiger partial charge in [-0.3, -0.25) is 0 Å². The first kappa shape index (κ1) is 19.6. The molecule has 0 amide bonds. The number of hydrogen-bond donors (Lipinski definition) is 0. The van der Waals surface area contributed by atoms with Crippen LogP contribution in [-0.2, 0) is 6.42 Å². The molecule has 5 heteroatoms. The lowest BCUT2D eigenvalue weighted by atomic mass is 10.0. The summed E-state index contributed by atoms with van der Waals surface area (Å²) in [7, 11) is 0. The Labute approximate surface area is 166 Å². The van der Waals surface area contributed by atoms with Crippen molar-refractivity contribution in [2.45, 2.75) is 13.3 Å². The maximum absolute atomic E-state index is 14.5. The van der Waals surface area contributed by atoms with Gasteiger partial charge < -0.3 is 0 Å². The lowest BCUT2D eigenvalue weighted by molar-refractivity contribution is 0.588. The highest BCUT2D eigenvalue weighted by Crippen LogP contribution is 2.30. The van der Waals surface area contributed by atoms with Gasteiger partial charge in [-0.05, 0) is 66.2 Å². The number of benzene rings is 3. The van der Waals surface area contributed by atoms with Gasteiger partial charge >= 0.3 is 0 Å². The van der Waals surface area contributed by atoms with E-state index in [0.29, 0.717) is 5.56 Å². The number of hydrogen-bond acceptors (Lipinski definition) is 2. The second kappa shape index (κ2) is 8.67. The summed E-state index contributed by atoms with van der Waals surface area (Å²) in [5.41, 5.74) is 2.07. The quantitative estimate of drug-likeness (QED) is 0.282. The Hall–Kier alpha value is -3.19. The van der Waals surface area contributed by atoms with E-state index in [4.69, 9.17) is 0 Å². The van der Waals surface area contributed by atoms with Gasteiger partial charge in [0, 0.05) is 16.7 Å². The summed E-state index contributed by atoms with van der Waals surface area (Å²) in [4.78, 5) is 3.34. The SMILES string of the molecule is CCc1ccc(C#Cc2ccc(-c3cc(F)c(N=C=S)c(F)c3)c(F)c2)cc1. The molecule has 1 nitrogen and oxygen atoms in total. The molecule has 28 heavy (non-hydrogen) atoms. The lowest BCUT2D eigenvalue weighted by Gasteiger charge is -2.06. The Balaban J connectivity index is 1.91. The molecule has 0 atom stereocenters. The largest absolute Gasteiger partial charge is 0.206 e. The fourth-order valence-electron chi connectivity index (χ4n) is 2.67. The summed E-state index contributed by atoms with van der Waals surface area (Å²) in [6.45, 7) is 2.07. The zero-order valence-corrected chi connectivity index (χ0v) is 15.7. The number of thiocarbonyl (C=S) groups is 1. The molecule has 0 fully saturated rings. The maximum atomic E-state index is 14.5. The topological polar surface area (TPSA) is 12.4 Å². The minimum atomic E-state index is -0.939. The second-order valence-electron chi connectivity index (χ2n) is 5.99. The van der Waals surface area contributed by atoms with Crippen LogP contribution in [-0.4, -0.2) is 5.16 Å². The van der Waals surface area contributed by atoms with E-state index in [1.54, 1.807) is 6.07 Å². The van der Waals surface area contributed by atoms with Gasteiger partial charge in [0.15, 0.2) is 11.6 Å². The molecule has 0 aromatic heterocycles. The van der Waals surface area contributed by atoms with Crippen molar-refractivity contribution in [3.63, 3.8) is 0 Å². The van der Waals surface area contributed by atoms with Crippen LogP contribution in [0.3, 0.4) is 0 Å². The molecule has 3 aromatic rings. The van der Waals surface area contributed by atoms with Crippen LogP contribution in [0.5, 0.6) is 0 Å². The van der Waals surface area contributed by atoms with Crippen LogP contribution in [0.1, 0.15) is 23.6 Å². The smallest absolute Gasteiger partial charge is 0.153 e. The van der Waals surface area contributed by atoms with Gasteiger partial charge in [-0.15, -0.1) is 0 Å². The molecule has 0 aliphatic carbocycles. The summed E-state index contributed by atoms with van der Waals surface area (Å²) in [6.07, 6.45) is 0.945. The molecule has 0 unspecified atom stereocenters. The van der Waals surface area contributed by atoms with Crippen molar-refractivity contribution in [2.75, 3.05) is 0 Å². The average molecular weight is 393 g/mol. The minimum absolute atomic E-state index is 0.0606. The van der Waals surface area contributed by atoms with E-state index in [9.17, 15) is 13.2 Å². The molecule has 0 spiro atoms. The Kier molecular flexibility index (Phi) is 6.06. The van der Waals surface area contributed by atoms with Gasteiger partial charge in [-0.1, -0.05) is 37.0 Å². The molecule has 0 aliphatic heterocycles. The van der Waals surface area contributed by atoms with Crippen molar-refractivity contribution >= 4 is 23.1 Å². The zero-order valence-electron chi connectivity index (χ0n) is 14.9. The number of isothiocyanates is 1. The summed E-state index contributed by atoms with van der Waals surface area (Å²) in [5, 5.41) is 1.92. The molecule has 0 N–H and O–H groups in total. The van der Waals surface area contributed by atoms with Crippen LogP contribution < -0.4 is 0 Å². The predicted octanol–water partition coefficient (Wildman–Crippen LogP) is 6.47.